The van der Waals surface area contributed by atoms with Crippen molar-refractivity contribution in [3.05, 3.63) is 64.4 Å². The molecule has 1 atom stereocenters. The van der Waals surface area contributed by atoms with Crippen molar-refractivity contribution in [2.75, 3.05) is 0 Å². The first-order valence-electron chi connectivity index (χ1n) is 9.00. The molecule has 2 heteroatoms. The molecule has 0 radical (unpaired) electrons. The van der Waals surface area contributed by atoms with Gasteiger partial charge in [-0.15, -0.1) is 0 Å². The molecule has 0 amide bonds. The molecule has 0 saturated heterocycles. The fourth-order valence-corrected chi connectivity index (χ4v) is 3.11. The summed E-state index contributed by atoms with van der Waals surface area (Å²) in [5.41, 5.74) is 9.39. The predicted octanol–water partition coefficient (Wildman–Crippen LogP) is 6.67. The summed E-state index contributed by atoms with van der Waals surface area (Å²) in [7, 11) is 0. The van der Waals surface area contributed by atoms with Gasteiger partial charge in [0.25, 0.3) is 0 Å². The van der Waals surface area contributed by atoms with Crippen LogP contribution in [0.25, 0.3) is 0 Å². The van der Waals surface area contributed by atoms with Crippen molar-refractivity contribution < 1.29 is 0 Å². The SMILES string of the molecule is CC1=CC=CC(C)C(C)=C1N=C(C)CC(C)=Nc1c(C)cccc1C. The first-order valence-corrected chi connectivity index (χ1v) is 9.00. The van der Waals surface area contributed by atoms with Crippen molar-refractivity contribution in [2.24, 2.45) is 15.9 Å². The fraction of sp³-hybridized carbons (Fsp3) is 0.391. The predicted molar refractivity (Wildman–Crippen MR) is 111 cm³/mol. The lowest BCUT2D eigenvalue weighted by Gasteiger charge is -2.12. The molecule has 1 unspecified atom stereocenters. The Labute approximate surface area is 152 Å². The third kappa shape index (κ3) is 4.88. The van der Waals surface area contributed by atoms with E-state index in [-0.39, 0.29) is 0 Å². The van der Waals surface area contributed by atoms with Crippen molar-refractivity contribution in [1.82, 2.24) is 0 Å². The molecule has 1 aromatic rings. The quantitative estimate of drug-likeness (QED) is 0.549. The number of benzene rings is 1. The van der Waals surface area contributed by atoms with E-state index in [4.69, 9.17) is 9.98 Å². The molecule has 0 aromatic heterocycles. The van der Waals surface area contributed by atoms with Crippen LogP contribution in [-0.4, -0.2) is 11.4 Å². The van der Waals surface area contributed by atoms with E-state index >= 15 is 0 Å². The number of para-hydroxylation sites is 1. The normalized spacial score (nSPS) is 19.2. The van der Waals surface area contributed by atoms with E-state index in [9.17, 15) is 0 Å². The molecular formula is C23H30N2. The van der Waals surface area contributed by atoms with Crippen LogP contribution in [0.2, 0.25) is 0 Å². The van der Waals surface area contributed by atoms with E-state index in [1.54, 1.807) is 0 Å². The van der Waals surface area contributed by atoms with E-state index in [1.165, 1.54) is 22.3 Å². The molecule has 2 rings (SSSR count). The molecule has 0 heterocycles. The summed E-state index contributed by atoms with van der Waals surface area (Å²) >= 11 is 0. The zero-order valence-corrected chi connectivity index (χ0v) is 16.6. The molecule has 0 N–H and O–H groups in total. The Morgan fingerprint density at radius 2 is 1.56 bits per heavy atom. The molecule has 1 aliphatic carbocycles. The number of aryl methyl sites for hydroxylation is 2. The average molecular weight is 335 g/mol. The third-order valence-electron chi connectivity index (χ3n) is 4.73. The van der Waals surface area contributed by atoms with Gasteiger partial charge in [0.2, 0.25) is 0 Å². The van der Waals surface area contributed by atoms with E-state index in [2.05, 4.69) is 84.9 Å². The van der Waals surface area contributed by atoms with Gasteiger partial charge in [-0.3, -0.25) is 9.98 Å². The molecule has 0 fully saturated rings. The Morgan fingerprint density at radius 3 is 2.20 bits per heavy atom. The van der Waals surface area contributed by atoms with Gasteiger partial charge in [-0.2, -0.15) is 0 Å². The minimum atomic E-state index is 0.421. The first kappa shape index (κ1) is 19.1. The van der Waals surface area contributed by atoms with E-state index in [0.717, 1.165) is 29.2 Å². The Balaban J connectivity index is 2.26. The Kier molecular flexibility index (Phi) is 6.30. The molecule has 0 bridgehead atoms. The molecule has 132 valence electrons. The summed E-state index contributed by atoms with van der Waals surface area (Å²) in [5.74, 6) is 0.421. The van der Waals surface area contributed by atoms with Crippen LogP contribution in [0.4, 0.5) is 5.69 Å². The van der Waals surface area contributed by atoms with Crippen molar-refractivity contribution >= 4 is 17.1 Å². The van der Waals surface area contributed by atoms with Crippen LogP contribution in [0, 0.1) is 19.8 Å². The number of allylic oxidation sites excluding steroid dienone is 5. The number of hydrogen-bond donors (Lipinski definition) is 0. The minimum absolute atomic E-state index is 0.421. The van der Waals surface area contributed by atoms with Crippen molar-refractivity contribution in [3.63, 3.8) is 0 Å². The topological polar surface area (TPSA) is 24.7 Å². The maximum Gasteiger partial charge on any atom is 0.0687 e. The Morgan fingerprint density at radius 1 is 0.960 bits per heavy atom. The summed E-state index contributed by atoms with van der Waals surface area (Å²) in [6, 6.07) is 6.31. The van der Waals surface area contributed by atoms with Gasteiger partial charge in [0.1, 0.15) is 0 Å². The number of hydrogen-bond acceptors (Lipinski definition) is 2. The average Bonchev–Trinajstić information content (AvgIpc) is 2.65. The molecule has 1 aromatic carbocycles. The second-order valence-corrected chi connectivity index (χ2v) is 7.17. The first-order chi connectivity index (χ1) is 11.8. The van der Waals surface area contributed by atoms with Crippen LogP contribution < -0.4 is 0 Å². The molecule has 0 aliphatic heterocycles. The maximum atomic E-state index is 4.94. The highest BCUT2D eigenvalue weighted by Crippen LogP contribution is 2.27. The largest absolute Gasteiger partial charge is 0.258 e. The standard InChI is InChI=1S/C23H30N2/c1-15-10-8-13-18(4)23(21(15)7)25-20(6)14-19(5)24-22-16(2)11-9-12-17(22)3/h8-13,15H,14H2,1-7H3. The van der Waals surface area contributed by atoms with E-state index in [1.807, 2.05) is 0 Å². The third-order valence-corrected chi connectivity index (χ3v) is 4.73. The van der Waals surface area contributed by atoms with Gasteiger partial charge in [-0.25, -0.2) is 0 Å². The number of rotatable bonds is 4. The van der Waals surface area contributed by atoms with Crippen LogP contribution >= 0.6 is 0 Å². The zero-order chi connectivity index (χ0) is 18.6. The molecule has 25 heavy (non-hydrogen) atoms. The van der Waals surface area contributed by atoms with Gasteiger partial charge in [-0.05, 0) is 69.7 Å². The van der Waals surface area contributed by atoms with E-state index in [0.29, 0.717) is 5.92 Å². The van der Waals surface area contributed by atoms with Gasteiger partial charge in [-0.1, -0.05) is 43.4 Å². The molecule has 0 saturated carbocycles. The molecular weight excluding hydrogens is 304 g/mol. The van der Waals surface area contributed by atoms with Crippen LogP contribution in [0.1, 0.15) is 52.2 Å². The van der Waals surface area contributed by atoms with Crippen LogP contribution in [0.15, 0.2) is 63.3 Å². The Hall–Kier alpha value is -2.22. The summed E-state index contributed by atoms with van der Waals surface area (Å²) in [6.07, 6.45) is 7.30. The summed E-state index contributed by atoms with van der Waals surface area (Å²) < 4.78 is 0. The van der Waals surface area contributed by atoms with Crippen molar-refractivity contribution in [2.45, 2.75) is 54.9 Å². The highest BCUT2D eigenvalue weighted by Gasteiger charge is 2.12. The van der Waals surface area contributed by atoms with Gasteiger partial charge in [0, 0.05) is 17.8 Å². The second kappa shape index (κ2) is 8.24. The maximum absolute atomic E-state index is 4.94. The second-order valence-electron chi connectivity index (χ2n) is 7.17. The Bertz CT molecular complexity index is 781. The van der Waals surface area contributed by atoms with Gasteiger partial charge >= 0.3 is 0 Å². The van der Waals surface area contributed by atoms with Crippen LogP contribution in [-0.2, 0) is 0 Å². The lowest BCUT2D eigenvalue weighted by molar-refractivity contribution is 0.847. The van der Waals surface area contributed by atoms with Gasteiger partial charge < -0.3 is 0 Å². The minimum Gasteiger partial charge on any atom is -0.258 e. The van der Waals surface area contributed by atoms with Crippen LogP contribution in [0.3, 0.4) is 0 Å². The lowest BCUT2D eigenvalue weighted by Crippen LogP contribution is -2.04. The van der Waals surface area contributed by atoms with Crippen LogP contribution in [0.5, 0.6) is 0 Å². The van der Waals surface area contributed by atoms with Crippen molar-refractivity contribution in [1.29, 1.82) is 0 Å². The molecule has 0 spiro atoms. The smallest absolute Gasteiger partial charge is 0.0687 e. The van der Waals surface area contributed by atoms with E-state index < -0.39 is 0 Å². The highest BCUT2D eigenvalue weighted by atomic mass is 14.8. The molecule has 2 nitrogen and oxygen atoms in total. The van der Waals surface area contributed by atoms with Gasteiger partial charge in [0.05, 0.1) is 11.4 Å². The fourth-order valence-electron chi connectivity index (χ4n) is 3.11. The lowest BCUT2D eigenvalue weighted by atomic mass is 9.99. The highest BCUT2D eigenvalue weighted by molar-refractivity contribution is 6.03. The summed E-state index contributed by atoms with van der Waals surface area (Å²) in [5, 5.41) is 0. The van der Waals surface area contributed by atoms with Crippen molar-refractivity contribution in [3.8, 4) is 0 Å². The monoisotopic (exact) mass is 334 g/mol. The summed E-state index contributed by atoms with van der Waals surface area (Å²) in [4.78, 5) is 9.80. The molecule has 1 aliphatic rings. The zero-order valence-electron chi connectivity index (χ0n) is 16.6. The number of aliphatic imine (C=N–C) groups is 2. The number of nitrogens with zero attached hydrogens (tertiary/aromatic N) is 2. The van der Waals surface area contributed by atoms with Gasteiger partial charge in [0.15, 0.2) is 0 Å². The summed E-state index contributed by atoms with van der Waals surface area (Å²) in [6.45, 7) is 14.9.